The predicted octanol–water partition coefficient (Wildman–Crippen LogP) is 3.08. The molecule has 3 heterocycles. The molecule has 6 heteroatoms. The van der Waals surface area contributed by atoms with E-state index in [0.29, 0.717) is 5.56 Å². The molecule has 0 bridgehead atoms. The van der Waals surface area contributed by atoms with E-state index >= 15 is 0 Å². The first kappa shape index (κ1) is 14.1. The van der Waals surface area contributed by atoms with Crippen molar-refractivity contribution in [2.45, 2.75) is 30.8 Å². The number of pyridine rings is 1. The van der Waals surface area contributed by atoms with E-state index in [1.165, 1.54) is 11.8 Å². The lowest BCUT2D eigenvalue weighted by Gasteiger charge is -2.23. The number of nitrogens with zero attached hydrogens (tertiary/aromatic N) is 3. The van der Waals surface area contributed by atoms with E-state index in [1.54, 1.807) is 12.3 Å². The fourth-order valence-corrected chi connectivity index (χ4v) is 3.26. The Kier molecular flexibility index (Phi) is 3.96. The summed E-state index contributed by atoms with van der Waals surface area (Å²) < 4.78 is 5.36. The van der Waals surface area contributed by atoms with Gasteiger partial charge in [0.25, 0.3) is 5.91 Å². The van der Waals surface area contributed by atoms with Crippen LogP contribution in [0.4, 0.5) is 0 Å². The smallest absolute Gasteiger partial charge is 0.257 e. The highest BCUT2D eigenvalue weighted by atomic mass is 32.2. The van der Waals surface area contributed by atoms with Gasteiger partial charge in [-0.05, 0) is 38.2 Å². The van der Waals surface area contributed by atoms with Crippen LogP contribution < -0.4 is 0 Å². The molecule has 0 aliphatic carbocycles. The minimum absolute atomic E-state index is 0.0176. The number of likely N-dealkylation sites (tertiary alicyclic amines) is 1. The summed E-state index contributed by atoms with van der Waals surface area (Å²) in [5.74, 6) is 0.789. The number of rotatable bonds is 3. The Bertz CT molecular complexity index is 656. The van der Waals surface area contributed by atoms with Gasteiger partial charge in [-0.25, -0.2) is 4.98 Å². The van der Waals surface area contributed by atoms with Crippen LogP contribution in [-0.2, 0) is 0 Å². The highest BCUT2D eigenvalue weighted by molar-refractivity contribution is 7.98. The molecule has 3 rings (SSSR count). The van der Waals surface area contributed by atoms with Gasteiger partial charge in [0.15, 0.2) is 5.76 Å². The molecule has 110 valence electrons. The van der Waals surface area contributed by atoms with Gasteiger partial charge in [0.2, 0.25) is 0 Å². The molecule has 1 amide bonds. The van der Waals surface area contributed by atoms with Gasteiger partial charge in [-0.3, -0.25) is 4.79 Å². The maximum absolute atomic E-state index is 12.8. The molecule has 1 saturated heterocycles. The standard InChI is InChI=1S/C15H17N3O2S/c1-10-9-13(20-17-10)12-6-4-8-18(12)15(19)11-5-3-7-16-14(11)21-2/h3,5,7,9,12H,4,6,8H2,1-2H3/t12-/m0/s1. The molecule has 0 unspecified atom stereocenters. The Hall–Kier alpha value is -1.82. The summed E-state index contributed by atoms with van der Waals surface area (Å²) in [6.07, 6.45) is 5.53. The van der Waals surface area contributed by atoms with Crippen LogP contribution in [-0.4, -0.2) is 33.7 Å². The van der Waals surface area contributed by atoms with E-state index in [2.05, 4.69) is 10.1 Å². The predicted molar refractivity (Wildman–Crippen MR) is 80.3 cm³/mol. The highest BCUT2D eigenvalue weighted by Gasteiger charge is 2.34. The first-order chi connectivity index (χ1) is 10.2. The lowest BCUT2D eigenvalue weighted by atomic mass is 10.1. The summed E-state index contributed by atoms with van der Waals surface area (Å²) >= 11 is 1.49. The summed E-state index contributed by atoms with van der Waals surface area (Å²) in [6.45, 7) is 2.63. The number of aromatic nitrogens is 2. The zero-order valence-electron chi connectivity index (χ0n) is 12.1. The lowest BCUT2D eigenvalue weighted by Crippen LogP contribution is -2.30. The van der Waals surface area contributed by atoms with Gasteiger partial charge in [0.1, 0.15) is 5.03 Å². The summed E-state index contributed by atoms with van der Waals surface area (Å²) in [4.78, 5) is 19.0. The van der Waals surface area contributed by atoms with E-state index < -0.39 is 0 Å². The fraction of sp³-hybridized carbons (Fsp3) is 0.400. The van der Waals surface area contributed by atoms with Gasteiger partial charge in [-0.1, -0.05) is 5.16 Å². The Labute approximate surface area is 127 Å². The van der Waals surface area contributed by atoms with Gasteiger partial charge in [-0.2, -0.15) is 0 Å². The average Bonchev–Trinajstić information content (AvgIpc) is 3.14. The van der Waals surface area contributed by atoms with Crippen LogP contribution >= 0.6 is 11.8 Å². The zero-order valence-corrected chi connectivity index (χ0v) is 12.9. The maximum atomic E-state index is 12.8. The Morgan fingerprint density at radius 1 is 1.52 bits per heavy atom. The van der Waals surface area contributed by atoms with Gasteiger partial charge in [-0.15, -0.1) is 11.8 Å². The van der Waals surface area contributed by atoms with Crippen LogP contribution in [0.15, 0.2) is 33.9 Å². The Morgan fingerprint density at radius 3 is 3.10 bits per heavy atom. The number of hydrogen-bond donors (Lipinski definition) is 0. The number of thioether (sulfide) groups is 1. The summed E-state index contributed by atoms with van der Waals surface area (Å²) in [6, 6.07) is 5.53. The zero-order chi connectivity index (χ0) is 14.8. The van der Waals surface area contributed by atoms with Gasteiger partial charge >= 0.3 is 0 Å². The van der Waals surface area contributed by atoms with Crippen molar-refractivity contribution in [2.75, 3.05) is 12.8 Å². The molecule has 0 saturated carbocycles. The van der Waals surface area contributed by atoms with E-state index in [-0.39, 0.29) is 11.9 Å². The number of carbonyl (C=O) groups excluding carboxylic acids is 1. The van der Waals surface area contributed by atoms with Crippen molar-refractivity contribution in [1.82, 2.24) is 15.0 Å². The van der Waals surface area contributed by atoms with E-state index in [9.17, 15) is 4.79 Å². The topological polar surface area (TPSA) is 59.2 Å². The summed E-state index contributed by atoms with van der Waals surface area (Å²) in [7, 11) is 0. The van der Waals surface area contributed by atoms with Crippen LogP contribution in [0, 0.1) is 6.92 Å². The molecule has 5 nitrogen and oxygen atoms in total. The SMILES string of the molecule is CSc1ncccc1C(=O)N1CCC[C@H]1c1cc(C)no1. The largest absolute Gasteiger partial charge is 0.359 e. The van der Waals surface area contributed by atoms with Crippen molar-refractivity contribution in [3.05, 3.63) is 41.4 Å². The molecule has 0 N–H and O–H groups in total. The highest BCUT2D eigenvalue weighted by Crippen LogP contribution is 2.34. The van der Waals surface area contributed by atoms with Crippen molar-refractivity contribution in [3.63, 3.8) is 0 Å². The van der Waals surface area contributed by atoms with E-state index in [1.807, 2.05) is 30.2 Å². The monoisotopic (exact) mass is 303 g/mol. The van der Waals surface area contributed by atoms with Crippen LogP contribution in [0.5, 0.6) is 0 Å². The molecule has 2 aromatic rings. The molecule has 21 heavy (non-hydrogen) atoms. The second kappa shape index (κ2) is 5.89. The van der Waals surface area contributed by atoms with Crippen LogP contribution in [0.3, 0.4) is 0 Å². The summed E-state index contributed by atoms with van der Waals surface area (Å²) in [5, 5.41) is 4.70. The second-order valence-electron chi connectivity index (χ2n) is 5.09. The van der Waals surface area contributed by atoms with Crippen molar-refractivity contribution in [2.24, 2.45) is 0 Å². The van der Waals surface area contributed by atoms with Gasteiger partial charge < -0.3 is 9.42 Å². The lowest BCUT2D eigenvalue weighted by molar-refractivity contribution is 0.0710. The molecular weight excluding hydrogens is 286 g/mol. The van der Waals surface area contributed by atoms with Crippen molar-refractivity contribution in [1.29, 1.82) is 0 Å². The minimum atomic E-state index is -0.0198. The molecule has 1 fully saturated rings. The van der Waals surface area contributed by atoms with Crippen LogP contribution in [0.1, 0.15) is 40.7 Å². The van der Waals surface area contributed by atoms with Gasteiger partial charge in [0, 0.05) is 18.8 Å². The first-order valence-corrected chi connectivity index (χ1v) is 8.16. The first-order valence-electron chi connectivity index (χ1n) is 6.94. The quantitative estimate of drug-likeness (QED) is 0.816. The third-order valence-electron chi connectivity index (χ3n) is 3.68. The van der Waals surface area contributed by atoms with E-state index in [4.69, 9.17) is 4.52 Å². The van der Waals surface area contributed by atoms with Gasteiger partial charge in [0.05, 0.1) is 17.3 Å². The molecule has 0 aromatic carbocycles. The fourth-order valence-electron chi connectivity index (χ4n) is 2.72. The average molecular weight is 303 g/mol. The Morgan fingerprint density at radius 2 is 2.38 bits per heavy atom. The molecule has 0 spiro atoms. The van der Waals surface area contributed by atoms with Crippen molar-refractivity contribution < 1.29 is 9.32 Å². The molecular formula is C15H17N3O2S. The molecule has 1 atom stereocenters. The van der Waals surface area contributed by atoms with Crippen LogP contribution in [0.2, 0.25) is 0 Å². The third-order valence-corrected chi connectivity index (χ3v) is 4.40. The Balaban J connectivity index is 1.89. The van der Waals surface area contributed by atoms with E-state index in [0.717, 1.165) is 35.9 Å². The van der Waals surface area contributed by atoms with Crippen molar-refractivity contribution >= 4 is 17.7 Å². The number of carbonyl (C=O) groups is 1. The van der Waals surface area contributed by atoms with Crippen molar-refractivity contribution in [3.8, 4) is 0 Å². The number of amides is 1. The number of hydrogen-bond acceptors (Lipinski definition) is 5. The number of aryl methyl sites for hydroxylation is 1. The molecule has 1 aliphatic rings. The summed E-state index contributed by atoms with van der Waals surface area (Å²) in [5.41, 5.74) is 1.50. The molecule has 1 aliphatic heterocycles. The second-order valence-corrected chi connectivity index (χ2v) is 5.88. The van der Waals surface area contributed by atoms with Crippen LogP contribution in [0.25, 0.3) is 0 Å². The molecule has 2 aromatic heterocycles. The third kappa shape index (κ3) is 2.68. The maximum Gasteiger partial charge on any atom is 0.257 e. The normalized spacial score (nSPS) is 18.2. The minimum Gasteiger partial charge on any atom is -0.359 e. The molecule has 0 radical (unpaired) electrons.